The summed E-state index contributed by atoms with van der Waals surface area (Å²) in [5, 5.41) is 13.2. The number of benzene rings is 1. The number of aryl methyl sites for hydroxylation is 1. The molecule has 11 nitrogen and oxygen atoms in total. The number of rotatable bonds is 19. The van der Waals surface area contributed by atoms with Gasteiger partial charge in [-0.25, -0.2) is 19.3 Å². The van der Waals surface area contributed by atoms with Crippen LogP contribution < -0.4 is 5.73 Å². The Morgan fingerprint density at radius 2 is 1.38 bits per heavy atom. The van der Waals surface area contributed by atoms with Gasteiger partial charge < -0.3 is 15.2 Å². The third-order valence-electron chi connectivity index (χ3n) is 6.74. The lowest BCUT2D eigenvalue weighted by Crippen LogP contribution is -2.13. The number of ether oxygens (including phenoxy) is 2. The molecule has 0 atom stereocenters. The van der Waals surface area contributed by atoms with Crippen molar-refractivity contribution >= 4 is 40.1 Å². The average molecular weight is 598 g/mol. The number of unbranched alkanes of at least 4 members (excludes halogenated alkanes) is 10. The molecule has 0 radical (unpaired) electrons. The summed E-state index contributed by atoms with van der Waals surface area (Å²) < 4.78 is 16.4. The van der Waals surface area contributed by atoms with Crippen molar-refractivity contribution < 1.29 is 19.1 Å². The Kier molecular flexibility index (Phi) is 14.1. The Morgan fingerprint density at radius 1 is 0.833 bits per heavy atom. The summed E-state index contributed by atoms with van der Waals surface area (Å²) >= 11 is 1.10. The maximum atomic E-state index is 13.0. The van der Waals surface area contributed by atoms with E-state index in [2.05, 4.69) is 38.5 Å². The number of nitrogen functional groups attached to an aromatic ring is 1. The Labute approximate surface area is 252 Å². The zero-order valence-electron chi connectivity index (χ0n) is 25.0. The van der Waals surface area contributed by atoms with Gasteiger partial charge >= 0.3 is 11.9 Å². The lowest BCUT2D eigenvalue weighted by Gasteiger charge is -2.11. The van der Waals surface area contributed by atoms with Crippen molar-refractivity contribution in [1.82, 2.24) is 19.1 Å². The number of azo groups is 1. The second kappa shape index (κ2) is 18.0. The molecule has 0 amide bonds. The van der Waals surface area contributed by atoms with Crippen LogP contribution in [0.1, 0.15) is 117 Å². The fraction of sp³-hybridized carbons (Fsp3) is 0.567. The van der Waals surface area contributed by atoms with E-state index in [4.69, 9.17) is 15.2 Å². The minimum Gasteiger partial charge on any atom is -0.462 e. The lowest BCUT2D eigenvalue weighted by molar-refractivity contribution is 0.0496. The van der Waals surface area contributed by atoms with E-state index in [1.54, 1.807) is 19.1 Å². The molecular formula is C30H43N7O4S. The average Bonchev–Trinajstić information content (AvgIpc) is 3.61. The predicted octanol–water partition coefficient (Wildman–Crippen LogP) is 8.06. The largest absolute Gasteiger partial charge is 0.462 e. The molecule has 12 heteroatoms. The van der Waals surface area contributed by atoms with Crippen LogP contribution in [-0.2, 0) is 9.47 Å². The first-order valence-corrected chi connectivity index (χ1v) is 15.7. The van der Waals surface area contributed by atoms with Gasteiger partial charge in [0, 0.05) is 11.5 Å². The molecule has 3 rings (SSSR count). The molecule has 0 saturated carbocycles. The van der Waals surface area contributed by atoms with Crippen LogP contribution >= 0.6 is 11.5 Å². The molecule has 42 heavy (non-hydrogen) atoms. The maximum absolute atomic E-state index is 13.0. The highest BCUT2D eigenvalue weighted by molar-refractivity contribution is 7.09. The van der Waals surface area contributed by atoms with Gasteiger partial charge in [0.15, 0.2) is 11.5 Å². The summed E-state index contributed by atoms with van der Waals surface area (Å²) in [6.07, 6.45) is 14.4. The van der Waals surface area contributed by atoms with Crippen LogP contribution in [0.4, 0.5) is 16.6 Å². The van der Waals surface area contributed by atoms with E-state index in [1.807, 2.05) is 0 Å². The van der Waals surface area contributed by atoms with Gasteiger partial charge in [0.2, 0.25) is 5.13 Å². The van der Waals surface area contributed by atoms with Crippen LogP contribution in [-0.4, -0.2) is 44.3 Å². The van der Waals surface area contributed by atoms with Crippen LogP contribution in [0.3, 0.4) is 0 Å². The quantitative estimate of drug-likeness (QED) is 0.0829. The Bertz CT molecular complexity index is 1240. The molecule has 0 fully saturated rings. The first-order valence-electron chi connectivity index (χ1n) is 15.0. The molecule has 0 aliphatic heterocycles. The number of aromatic nitrogens is 4. The van der Waals surface area contributed by atoms with E-state index in [9.17, 15) is 9.59 Å². The standard InChI is InChI=1S/C30H43N7O4S/c1-4-6-8-10-12-14-16-40-28(38)23-18-24(29(39)41-17-15-13-11-9-7-5-2)20-25(19-23)37-27(31)26(22(3)36-37)34-35-30-32-21-33-42-30/h18-21H,4-17,31H2,1-3H3. The lowest BCUT2D eigenvalue weighted by atomic mass is 10.1. The van der Waals surface area contributed by atoms with Crippen molar-refractivity contribution in [2.24, 2.45) is 10.2 Å². The molecule has 0 spiro atoms. The smallest absolute Gasteiger partial charge is 0.338 e. The number of nitrogens with zero attached hydrogens (tertiary/aromatic N) is 6. The van der Waals surface area contributed by atoms with Gasteiger partial charge in [-0.15, -0.1) is 10.2 Å². The number of hydrogen-bond donors (Lipinski definition) is 1. The molecule has 2 aromatic heterocycles. The van der Waals surface area contributed by atoms with Crippen LogP contribution in [0.15, 0.2) is 34.8 Å². The second-order valence-electron chi connectivity index (χ2n) is 10.2. The molecule has 1 aromatic carbocycles. The predicted molar refractivity (Wildman–Crippen MR) is 164 cm³/mol. The van der Waals surface area contributed by atoms with Crippen molar-refractivity contribution in [3.63, 3.8) is 0 Å². The highest BCUT2D eigenvalue weighted by Crippen LogP contribution is 2.31. The van der Waals surface area contributed by atoms with Gasteiger partial charge in [-0.05, 0) is 38.0 Å². The number of hydrogen-bond acceptors (Lipinski definition) is 11. The Balaban J connectivity index is 1.77. The summed E-state index contributed by atoms with van der Waals surface area (Å²) in [6.45, 7) is 6.73. The zero-order chi connectivity index (χ0) is 30.2. The van der Waals surface area contributed by atoms with Gasteiger partial charge in [-0.2, -0.15) is 9.47 Å². The zero-order valence-corrected chi connectivity index (χ0v) is 25.8. The molecule has 3 aromatic rings. The first kappa shape index (κ1) is 32.8. The van der Waals surface area contributed by atoms with Gasteiger partial charge in [0.25, 0.3) is 0 Å². The molecule has 228 valence electrons. The van der Waals surface area contributed by atoms with E-state index in [1.165, 1.54) is 55.6 Å². The van der Waals surface area contributed by atoms with E-state index in [0.29, 0.717) is 35.4 Å². The normalized spacial score (nSPS) is 11.3. The van der Waals surface area contributed by atoms with Gasteiger partial charge in [-0.3, -0.25) is 0 Å². The fourth-order valence-corrected chi connectivity index (χ4v) is 4.75. The maximum Gasteiger partial charge on any atom is 0.338 e. The van der Waals surface area contributed by atoms with Crippen LogP contribution in [0.2, 0.25) is 0 Å². The van der Waals surface area contributed by atoms with Crippen molar-refractivity contribution in [3.8, 4) is 5.69 Å². The number of esters is 2. The Morgan fingerprint density at radius 3 is 1.90 bits per heavy atom. The monoisotopic (exact) mass is 597 g/mol. The van der Waals surface area contributed by atoms with E-state index in [-0.39, 0.29) is 16.9 Å². The number of nitrogens with two attached hydrogens (primary N) is 1. The van der Waals surface area contributed by atoms with E-state index in [0.717, 1.165) is 50.1 Å². The topological polar surface area (TPSA) is 147 Å². The third-order valence-corrected chi connectivity index (χ3v) is 7.29. The molecular weight excluding hydrogens is 554 g/mol. The summed E-state index contributed by atoms with van der Waals surface area (Å²) in [7, 11) is 0. The Hall–Kier alpha value is -3.67. The van der Waals surface area contributed by atoms with Gasteiger partial charge in [-0.1, -0.05) is 78.1 Å². The highest BCUT2D eigenvalue weighted by Gasteiger charge is 2.20. The molecule has 2 N–H and O–H groups in total. The summed E-state index contributed by atoms with van der Waals surface area (Å²) in [4.78, 5) is 30.1. The summed E-state index contributed by atoms with van der Waals surface area (Å²) in [6, 6.07) is 4.70. The first-order chi connectivity index (χ1) is 20.4. The van der Waals surface area contributed by atoms with Crippen LogP contribution in [0, 0.1) is 6.92 Å². The number of anilines is 1. The highest BCUT2D eigenvalue weighted by atomic mass is 32.1. The minimum absolute atomic E-state index is 0.199. The van der Waals surface area contributed by atoms with Crippen LogP contribution in [0.5, 0.6) is 0 Å². The minimum atomic E-state index is -0.519. The molecule has 0 aliphatic rings. The summed E-state index contributed by atoms with van der Waals surface area (Å²) in [5.41, 5.74) is 8.12. The fourth-order valence-electron chi connectivity index (χ4n) is 4.39. The number of carbonyl (C=O) groups is 2. The molecule has 2 heterocycles. The van der Waals surface area contributed by atoms with E-state index < -0.39 is 11.9 Å². The number of carbonyl (C=O) groups excluding carboxylic acids is 2. The van der Waals surface area contributed by atoms with Crippen LogP contribution in [0.25, 0.3) is 5.69 Å². The van der Waals surface area contributed by atoms with Crippen molar-refractivity contribution in [2.75, 3.05) is 18.9 Å². The SMILES string of the molecule is CCCCCCCCOC(=O)c1cc(C(=O)OCCCCCCCC)cc(-n2nc(C)c(N=Nc3ncns3)c2N)c1. The molecule has 0 unspecified atom stereocenters. The summed E-state index contributed by atoms with van der Waals surface area (Å²) in [5.74, 6) is -0.840. The third kappa shape index (κ3) is 10.3. The van der Waals surface area contributed by atoms with Crippen molar-refractivity contribution in [1.29, 1.82) is 0 Å². The molecule has 0 bridgehead atoms. The van der Waals surface area contributed by atoms with Crippen molar-refractivity contribution in [3.05, 3.63) is 41.3 Å². The molecule has 0 saturated heterocycles. The van der Waals surface area contributed by atoms with E-state index >= 15 is 0 Å². The van der Waals surface area contributed by atoms with Gasteiger partial charge in [0.1, 0.15) is 6.33 Å². The molecule has 0 aliphatic carbocycles. The second-order valence-corrected chi connectivity index (χ2v) is 11.0. The van der Waals surface area contributed by atoms with Crippen molar-refractivity contribution in [2.45, 2.75) is 97.8 Å². The van der Waals surface area contributed by atoms with Gasteiger partial charge in [0.05, 0.1) is 35.7 Å².